The van der Waals surface area contributed by atoms with Crippen LogP contribution in [0.15, 0.2) is 33.5 Å². The first kappa shape index (κ1) is 13.9. The summed E-state index contributed by atoms with van der Waals surface area (Å²) in [6, 6.07) is 7.91. The zero-order valence-corrected chi connectivity index (χ0v) is 12.8. The number of anilines is 1. The third-order valence-corrected chi connectivity index (χ3v) is 4.02. The van der Waals surface area contributed by atoms with E-state index in [2.05, 4.69) is 22.9 Å². The molecule has 4 nitrogen and oxygen atoms in total. The second-order valence-corrected chi connectivity index (χ2v) is 5.43. The monoisotopic (exact) mass is 323 g/mol. The van der Waals surface area contributed by atoms with Gasteiger partial charge in [-0.25, -0.2) is 4.68 Å². The molecule has 0 fully saturated rings. The van der Waals surface area contributed by atoms with Gasteiger partial charge in [0.05, 0.1) is 12.2 Å². The van der Waals surface area contributed by atoms with Gasteiger partial charge in [0.1, 0.15) is 5.69 Å². The summed E-state index contributed by atoms with van der Waals surface area (Å²) in [5.41, 5.74) is 8.01. The van der Waals surface area contributed by atoms with E-state index >= 15 is 0 Å². The predicted octanol–water partition coefficient (Wildman–Crippen LogP) is 2.76. The Labute approximate surface area is 120 Å². The van der Waals surface area contributed by atoms with Crippen LogP contribution < -0.4 is 11.3 Å². The molecule has 2 rings (SSSR count). The zero-order valence-electron chi connectivity index (χ0n) is 11.2. The highest BCUT2D eigenvalue weighted by Crippen LogP contribution is 2.18. The van der Waals surface area contributed by atoms with Crippen LogP contribution in [0.2, 0.25) is 0 Å². The quantitative estimate of drug-likeness (QED) is 0.940. The number of hydrogen-bond acceptors (Lipinski definition) is 2. The molecule has 0 aliphatic rings. The van der Waals surface area contributed by atoms with Gasteiger partial charge in [-0.15, -0.1) is 0 Å². The molecule has 0 amide bonds. The SMILES string of the molecule is CCCn1c(C)c(N)c(=O)n1Cc1ccccc1Br. The summed E-state index contributed by atoms with van der Waals surface area (Å²) in [5.74, 6) is 0. The van der Waals surface area contributed by atoms with Crippen LogP contribution >= 0.6 is 15.9 Å². The Kier molecular flexibility index (Phi) is 4.14. The number of nitrogens with zero attached hydrogens (tertiary/aromatic N) is 2. The highest BCUT2D eigenvalue weighted by atomic mass is 79.9. The van der Waals surface area contributed by atoms with Crippen molar-refractivity contribution in [1.29, 1.82) is 0 Å². The van der Waals surface area contributed by atoms with E-state index in [0.29, 0.717) is 12.2 Å². The smallest absolute Gasteiger partial charge is 0.290 e. The fourth-order valence-electron chi connectivity index (χ4n) is 2.17. The van der Waals surface area contributed by atoms with E-state index in [9.17, 15) is 4.79 Å². The molecular weight excluding hydrogens is 306 g/mol. The first-order valence-corrected chi connectivity index (χ1v) is 7.14. The lowest BCUT2D eigenvalue weighted by molar-refractivity contribution is 0.456. The van der Waals surface area contributed by atoms with E-state index in [1.807, 2.05) is 35.9 Å². The number of halogens is 1. The van der Waals surface area contributed by atoms with Gasteiger partial charge in [-0.2, -0.15) is 0 Å². The molecule has 19 heavy (non-hydrogen) atoms. The fourth-order valence-corrected chi connectivity index (χ4v) is 2.58. The number of rotatable bonds is 4. The van der Waals surface area contributed by atoms with Gasteiger partial charge < -0.3 is 5.73 Å². The number of nitrogen functional groups attached to an aromatic ring is 1. The van der Waals surface area contributed by atoms with Crippen molar-refractivity contribution in [2.24, 2.45) is 0 Å². The highest BCUT2D eigenvalue weighted by Gasteiger charge is 2.14. The molecule has 102 valence electrons. The fraction of sp³-hybridized carbons (Fsp3) is 0.357. The Morgan fingerprint density at radius 2 is 1.95 bits per heavy atom. The summed E-state index contributed by atoms with van der Waals surface area (Å²) < 4.78 is 4.69. The first-order valence-electron chi connectivity index (χ1n) is 6.35. The Morgan fingerprint density at radius 1 is 1.26 bits per heavy atom. The molecule has 0 unspecified atom stereocenters. The van der Waals surface area contributed by atoms with E-state index in [4.69, 9.17) is 5.73 Å². The van der Waals surface area contributed by atoms with E-state index in [1.165, 1.54) is 0 Å². The van der Waals surface area contributed by atoms with Crippen LogP contribution in [0.1, 0.15) is 24.6 Å². The molecule has 0 atom stereocenters. The molecule has 0 saturated carbocycles. The second kappa shape index (κ2) is 5.65. The molecule has 1 aromatic heterocycles. The van der Waals surface area contributed by atoms with Crippen molar-refractivity contribution >= 4 is 21.6 Å². The van der Waals surface area contributed by atoms with Crippen molar-refractivity contribution < 1.29 is 0 Å². The summed E-state index contributed by atoms with van der Waals surface area (Å²) in [6.45, 7) is 5.30. The van der Waals surface area contributed by atoms with Gasteiger partial charge in [0, 0.05) is 11.0 Å². The minimum Gasteiger partial charge on any atom is -0.393 e. The predicted molar refractivity (Wildman–Crippen MR) is 81.4 cm³/mol. The molecule has 2 aromatic rings. The van der Waals surface area contributed by atoms with Gasteiger partial charge >= 0.3 is 0 Å². The number of aromatic nitrogens is 2. The van der Waals surface area contributed by atoms with Crippen molar-refractivity contribution in [2.75, 3.05) is 5.73 Å². The van der Waals surface area contributed by atoms with Gasteiger partial charge in [0.2, 0.25) is 0 Å². The first-order chi connectivity index (χ1) is 9.06. The van der Waals surface area contributed by atoms with Gasteiger partial charge in [-0.3, -0.25) is 9.48 Å². The van der Waals surface area contributed by atoms with Crippen LogP contribution in [0.3, 0.4) is 0 Å². The van der Waals surface area contributed by atoms with Gasteiger partial charge in [-0.1, -0.05) is 41.1 Å². The Bertz CT molecular complexity index is 643. The van der Waals surface area contributed by atoms with Crippen LogP contribution in [0.4, 0.5) is 5.69 Å². The molecule has 0 aliphatic carbocycles. The zero-order chi connectivity index (χ0) is 14.0. The van der Waals surface area contributed by atoms with E-state index in [0.717, 1.165) is 28.7 Å². The van der Waals surface area contributed by atoms with E-state index in [1.54, 1.807) is 4.68 Å². The van der Waals surface area contributed by atoms with Crippen LogP contribution in [0.25, 0.3) is 0 Å². The van der Waals surface area contributed by atoms with Gasteiger partial charge in [0.25, 0.3) is 5.56 Å². The van der Waals surface area contributed by atoms with Gasteiger partial charge in [-0.05, 0) is 25.0 Å². The molecule has 1 aromatic carbocycles. The number of hydrogen-bond donors (Lipinski definition) is 1. The minimum absolute atomic E-state index is 0.110. The largest absolute Gasteiger partial charge is 0.393 e. The lowest BCUT2D eigenvalue weighted by Gasteiger charge is -2.13. The highest BCUT2D eigenvalue weighted by molar-refractivity contribution is 9.10. The summed E-state index contributed by atoms with van der Waals surface area (Å²) in [6.07, 6.45) is 0.963. The molecule has 0 saturated heterocycles. The maximum absolute atomic E-state index is 12.2. The maximum Gasteiger partial charge on any atom is 0.290 e. The molecule has 1 heterocycles. The van der Waals surface area contributed by atoms with E-state index < -0.39 is 0 Å². The number of benzene rings is 1. The lowest BCUT2D eigenvalue weighted by Crippen LogP contribution is -2.25. The molecule has 0 radical (unpaired) electrons. The lowest BCUT2D eigenvalue weighted by atomic mass is 10.2. The Hall–Kier alpha value is -1.49. The minimum atomic E-state index is -0.110. The van der Waals surface area contributed by atoms with Crippen molar-refractivity contribution in [2.45, 2.75) is 33.4 Å². The summed E-state index contributed by atoms with van der Waals surface area (Å²) in [5, 5.41) is 0. The molecule has 0 aliphatic heterocycles. The van der Waals surface area contributed by atoms with Crippen molar-refractivity contribution in [1.82, 2.24) is 9.36 Å². The second-order valence-electron chi connectivity index (χ2n) is 4.58. The maximum atomic E-state index is 12.2. The molecule has 0 spiro atoms. The topological polar surface area (TPSA) is 52.9 Å². The Balaban J connectivity index is 2.48. The molecule has 2 N–H and O–H groups in total. The molecule has 5 heteroatoms. The summed E-state index contributed by atoms with van der Waals surface area (Å²) in [4.78, 5) is 12.2. The van der Waals surface area contributed by atoms with Crippen LogP contribution in [0, 0.1) is 6.92 Å². The average Bonchev–Trinajstić information content (AvgIpc) is 2.59. The average molecular weight is 324 g/mol. The van der Waals surface area contributed by atoms with Crippen LogP contribution in [-0.4, -0.2) is 9.36 Å². The van der Waals surface area contributed by atoms with Gasteiger partial charge in [0.15, 0.2) is 0 Å². The van der Waals surface area contributed by atoms with Crippen LogP contribution in [-0.2, 0) is 13.1 Å². The third-order valence-electron chi connectivity index (χ3n) is 3.25. The van der Waals surface area contributed by atoms with E-state index in [-0.39, 0.29) is 5.56 Å². The van der Waals surface area contributed by atoms with Crippen molar-refractivity contribution in [3.8, 4) is 0 Å². The van der Waals surface area contributed by atoms with Crippen molar-refractivity contribution in [3.63, 3.8) is 0 Å². The standard InChI is InChI=1S/C14H18BrN3O/c1-3-8-17-10(2)13(16)14(19)18(17)9-11-6-4-5-7-12(11)15/h4-7H,3,8-9,16H2,1-2H3. The van der Waals surface area contributed by atoms with Crippen LogP contribution in [0.5, 0.6) is 0 Å². The number of nitrogens with two attached hydrogens (primary N) is 1. The molecule has 0 bridgehead atoms. The summed E-state index contributed by atoms with van der Waals surface area (Å²) in [7, 11) is 0. The third kappa shape index (κ3) is 2.61. The summed E-state index contributed by atoms with van der Waals surface area (Å²) >= 11 is 3.51. The van der Waals surface area contributed by atoms with Crippen molar-refractivity contribution in [3.05, 3.63) is 50.3 Å². The normalized spacial score (nSPS) is 10.9. The Morgan fingerprint density at radius 3 is 2.58 bits per heavy atom. The molecular formula is C14H18BrN3O.